The summed E-state index contributed by atoms with van der Waals surface area (Å²) < 4.78 is 6.49. The highest BCUT2D eigenvalue weighted by molar-refractivity contribution is 7.13. The van der Waals surface area contributed by atoms with Gasteiger partial charge in [-0.1, -0.05) is 12.1 Å². The number of aromatic nitrogens is 3. The molecule has 0 fully saturated rings. The first-order valence-corrected chi connectivity index (χ1v) is 11.4. The van der Waals surface area contributed by atoms with E-state index in [1.807, 2.05) is 0 Å². The van der Waals surface area contributed by atoms with E-state index in [9.17, 15) is 19.5 Å². The third kappa shape index (κ3) is 5.45. The van der Waals surface area contributed by atoms with Crippen LogP contribution in [0.4, 0.5) is 5.13 Å². The molecule has 11 nitrogen and oxygen atoms in total. The number of carbonyl (C=O) groups is 3. The molecule has 0 saturated heterocycles. The van der Waals surface area contributed by atoms with Gasteiger partial charge in [0.25, 0.3) is 0 Å². The van der Waals surface area contributed by atoms with E-state index < -0.39 is 17.9 Å². The second-order valence-electron chi connectivity index (χ2n) is 7.24. The monoisotopic (exact) mass is 505 g/mol. The number of carboxylic acids is 2. The van der Waals surface area contributed by atoms with Crippen LogP contribution in [0.25, 0.3) is 16.9 Å². The standard InChI is InChI=1S/C24H19N5O6S/c1-2-35-23(34)19-13-36-24(26-19)27-25-11-17-12-29(18-9-7-16(8-10-18)22(32)33)28-20(17)14-3-5-15(6-4-14)21(30)31/h3-13H,2H2,1H3,(H,26,27)(H,30,31)(H,32,33)/b25-11+. The van der Waals surface area contributed by atoms with E-state index in [4.69, 9.17) is 9.84 Å². The molecule has 12 heteroatoms. The average Bonchev–Trinajstić information content (AvgIpc) is 3.52. The Morgan fingerprint density at radius 1 is 1.06 bits per heavy atom. The lowest BCUT2D eigenvalue weighted by Gasteiger charge is -2.02. The van der Waals surface area contributed by atoms with Crippen LogP contribution in [0.2, 0.25) is 0 Å². The number of anilines is 1. The quantitative estimate of drug-likeness (QED) is 0.174. The third-order valence-electron chi connectivity index (χ3n) is 4.88. The van der Waals surface area contributed by atoms with Crippen LogP contribution in [-0.4, -0.2) is 55.7 Å². The molecule has 0 amide bonds. The molecule has 0 bridgehead atoms. The van der Waals surface area contributed by atoms with E-state index in [0.29, 0.717) is 27.6 Å². The fourth-order valence-electron chi connectivity index (χ4n) is 3.15. The molecule has 2 aromatic carbocycles. The summed E-state index contributed by atoms with van der Waals surface area (Å²) in [6.07, 6.45) is 3.22. The lowest BCUT2D eigenvalue weighted by atomic mass is 10.1. The minimum atomic E-state index is -1.04. The number of thiazole rings is 1. The molecule has 0 unspecified atom stereocenters. The maximum atomic E-state index is 11.8. The molecule has 36 heavy (non-hydrogen) atoms. The molecule has 0 saturated carbocycles. The zero-order valence-electron chi connectivity index (χ0n) is 18.8. The Balaban J connectivity index is 1.63. The number of benzene rings is 2. The van der Waals surface area contributed by atoms with E-state index in [1.165, 1.54) is 41.8 Å². The number of hydrogen-bond acceptors (Lipinski definition) is 9. The van der Waals surface area contributed by atoms with Gasteiger partial charge in [0.1, 0.15) is 5.69 Å². The number of ether oxygens (including phenoxy) is 1. The van der Waals surface area contributed by atoms with Crippen LogP contribution in [0.1, 0.15) is 43.7 Å². The second kappa shape index (κ2) is 10.6. The summed E-state index contributed by atoms with van der Waals surface area (Å²) in [7, 11) is 0. The van der Waals surface area contributed by atoms with Crippen LogP contribution >= 0.6 is 11.3 Å². The first-order chi connectivity index (χ1) is 17.4. The number of carboxylic acid groups (broad SMARTS) is 2. The van der Waals surface area contributed by atoms with Crippen molar-refractivity contribution >= 4 is 40.6 Å². The summed E-state index contributed by atoms with van der Waals surface area (Å²) in [5.41, 5.74) is 5.62. The molecule has 4 rings (SSSR count). The molecule has 0 radical (unpaired) electrons. The van der Waals surface area contributed by atoms with Crippen molar-refractivity contribution in [2.24, 2.45) is 5.10 Å². The van der Waals surface area contributed by atoms with Crippen molar-refractivity contribution in [2.45, 2.75) is 6.92 Å². The van der Waals surface area contributed by atoms with Crippen molar-refractivity contribution < 1.29 is 29.3 Å². The van der Waals surface area contributed by atoms with Crippen LogP contribution < -0.4 is 5.43 Å². The Morgan fingerprint density at radius 3 is 2.31 bits per heavy atom. The summed E-state index contributed by atoms with van der Waals surface area (Å²) in [6, 6.07) is 12.4. The normalized spacial score (nSPS) is 10.9. The predicted molar refractivity (Wildman–Crippen MR) is 132 cm³/mol. The van der Waals surface area contributed by atoms with Crippen LogP contribution in [0.3, 0.4) is 0 Å². The van der Waals surface area contributed by atoms with Gasteiger partial charge in [0.05, 0.1) is 29.6 Å². The molecular formula is C24H19N5O6S. The molecule has 0 spiro atoms. The predicted octanol–water partition coefficient (Wildman–Crippen LogP) is 4.01. The number of rotatable bonds is 9. The summed E-state index contributed by atoms with van der Waals surface area (Å²) >= 11 is 1.19. The van der Waals surface area contributed by atoms with Gasteiger partial charge in [-0.15, -0.1) is 11.3 Å². The van der Waals surface area contributed by atoms with Crippen molar-refractivity contribution in [3.05, 3.63) is 82.5 Å². The highest BCUT2D eigenvalue weighted by atomic mass is 32.1. The third-order valence-corrected chi connectivity index (χ3v) is 5.63. The zero-order valence-corrected chi connectivity index (χ0v) is 19.6. The maximum absolute atomic E-state index is 11.8. The van der Waals surface area contributed by atoms with Crippen molar-refractivity contribution in [1.29, 1.82) is 0 Å². The lowest BCUT2D eigenvalue weighted by molar-refractivity contribution is 0.0519. The molecule has 2 heterocycles. The zero-order chi connectivity index (χ0) is 25.7. The van der Waals surface area contributed by atoms with Crippen molar-refractivity contribution in [2.75, 3.05) is 12.0 Å². The Labute approximate surface area is 208 Å². The smallest absolute Gasteiger partial charge is 0.357 e. The molecule has 4 aromatic rings. The van der Waals surface area contributed by atoms with Crippen molar-refractivity contribution in [3.8, 4) is 16.9 Å². The largest absolute Gasteiger partial charge is 0.478 e. The van der Waals surface area contributed by atoms with E-state index in [-0.39, 0.29) is 23.4 Å². The van der Waals surface area contributed by atoms with E-state index in [2.05, 4.69) is 20.6 Å². The number of hydrogen-bond donors (Lipinski definition) is 3. The summed E-state index contributed by atoms with van der Waals surface area (Å²) in [4.78, 5) is 38.3. The number of nitrogens with zero attached hydrogens (tertiary/aromatic N) is 4. The fourth-order valence-corrected chi connectivity index (χ4v) is 3.78. The Kier molecular flexibility index (Phi) is 7.16. The van der Waals surface area contributed by atoms with Gasteiger partial charge >= 0.3 is 17.9 Å². The molecule has 3 N–H and O–H groups in total. The fraction of sp³-hybridized carbons (Fsp3) is 0.0833. The van der Waals surface area contributed by atoms with Crippen molar-refractivity contribution in [3.63, 3.8) is 0 Å². The average molecular weight is 506 g/mol. The Hall–Kier alpha value is -4.84. The highest BCUT2D eigenvalue weighted by Crippen LogP contribution is 2.24. The number of carbonyl (C=O) groups excluding carboxylic acids is 1. The Bertz CT molecular complexity index is 1440. The van der Waals surface area contributed by atoms with Gasteiger partial charge in [0.15, 0.2) is 5.69 Å². The second-order valence-corrected chi connectivity index (χ2v) is 8.10. The maximum Gasteiger partial charge on any atom is 0.357 e. The van der Waals surface area contributed by atoms with E-state index in [1.54, 1.807) is 47.4 Å². The Morgan fingerprint density at radius 2 is 1.69 bits per heavy atom. The topological polar surface area (TPSA) is 156 Å². The number of nitrogens with one attached hydrogen (secondary N) is 1. The highest BCUT2D eigenvalue weighted by Gasteiger charge is 2.14. The SMILES string of the molecule is CCOC(=O)c1csc(N/N=C/c2cn(-c3ccc(C(=O)O)cc3)nc2-c2ccc(C(=O)O)cc2)n1. The van der Waals surface area contributed by atoms with Crippen LogP contribution in [0.5, 0.6) is 0 Å². The van der Waals surface area contributed by atoms with Gasteiger partial charge < -0.3 is 14.9 Å². The van der Waals surface area contributed by atoms with Crippen LogP contribution in [-0.2, 0) is 4.74 Å². The first kappa shape index (κ1) is 24.3. The lowest BCUT2D eigenvalue weighted by Crippen LogP contribution is -2.04. The molecular weight excluding hydrogens is 486 g/mol. The summed E-state index contributed by atoms with van der Waals surface area (Å²) in [5.74, 6) is -2.59. The van der Waals surface area contributed by atoms with Crippen LogP contribution in [0.15, 0.2) is 65.2 Å². The van der Waals surface area contributed by atoms with Gasteiger partial charge in [0, 0.05) is 22.7 Å². The molecule has 0 aliphatic carbocycles. The summed E-state index contributed by atoms with van der Waals surface area (Å²) in [5, 5.41) is 29.1. The number of aromatic carboxylic acids is 2. The van der Waals surface area contributed by atoms with Gasteiger partial charge in [-0.2, -0.15) is 10.2 Å². The van der Waals surface area contributed by atoms with Gasteiger partial charge in [0.2, 0.25) is 5.13 Å². The van der Waals surface area contributed by atoms with Crippen molar-refractivity contribution in [1.82, 2.24) is 14.8 Å². The molecule has 182 valence electrons. The molecule has 0 aliphatic heterocycles. The van der Waals surface area contributed by atoms with Crippen LogP contribution in [0, 0.1) is 0 Å². The van der Waals surface area contributed by atoms with Gasteiger partial charge in [-0.25, -0.2) is 24.0 Å². The summed E-state index contributed by atoms with van der Waals surface area (Å²) in [6.45, 7) is 1.96. The van der Waals surface area contributed by atoms with Gasteiger partial charge in [-0.3, -0.25) is 5.43 Å². The molecule has 0 aliphatic rings. The molecule has 2 aromatic heterocycles. The first-order valence-electron chi connectivity index (χ1n) is 10.5. The molecule has 0 atom stereocenters. The minimum Gasteiger partial charge on any atom is -0.478 e. The number of hydrazone groups is 1. The number of esters is 1. The van der Waals surface area contributed by atoms with E-state index >= 15 is 0 Å². The van der Waals surface area contributed by atoms with E-state index in [0.717, 1.165) is 0 Å². The minimum absolute atomic E-state index is 0.139. The van der Waals surface area contributed by atoms with Gasteiger partial charge in [-0.05, 0) is 43.3 Å².